The molecule has 0 aliphatic carbocycles. The van der Waals surface area contributed by atoms with Gasteiger partial charge in [0.1, 0.15) is 65.5 Å². The van der Waals surface area contributed by atoms with Gasteiger partial charge in [0.2, 0.25) is 0 Å². The van der Waals surface area contributed by atoms with Crippen LogP contribution in [0.15, 0.2) is 152 Å². The molecular weight excluding hydrogens is 1660 g/mol. The van der Waals surface area contributed by atoms with Gasteiger partial charge in [-0.3, -0.25) is 24.5 Å². The molecule has 0 saturated carbocycles. The number of carbonyl (C=O) groups excluding carboxylic acids is 2. The summed E-state index contributed by atoms with van der Waals surface area (Å²) in [6, 6.07) is 42.3. The summed E-state index contributed by atoms with van der Waals surface area (Å²) in [5.74, 6) is 1.38. The maximum Gasteiger partial charge on any atom is 0.494 e. The molecule has 5 aliphatic rings. The van der Waals surface area contributed by atoms with Gasteiger partial charge in [-0.15, -0.1) is 0 Å². The van der Waals surface area contributed by atoms with E-state index >= 15 is 0 Å². The Kier molecular flexibility index (Phi) is 32.5. The molecule has 0 spiro atoms. The number of carbonyl (C=O) groups is 2. The molecule has 4 aromatic carbocycles. The Hall–Kier alpha value is -9.68. The number of nitrogens with one attached hydrogen (secondary N) is 2. The summed E-state index contributed by atoms with van der Waals surface area (Å²) < 4.78 is 50.0. The van der Waals surface area contributed by atoms with Crippen LogP contribution in [0.25, 0.3) is 56.1 Å². The number of pyridine rings is 4. The number of aryl methyl sites for hydroxylation is 1. The number of hydrogen-bond donors (Lipinski definition) is 3. The summed E-state index contributed by atoms with van der Waals surface area (Å²) in [5, 5.41) is 44.3. The molecule has 615 valence electrons. The van der Waals surface area contributed by atoms with Crippen LogP contribution in [0.4, 0.5) is 15.8 Å². The fourth-order valence-electron chi connectivity index (χ4n) is 13.9. The van der Waals surface area contributed by atoms with Crippen molar-refractivity contribution in [3.8, 4) is 63.9 Å². The van der Waals surface area contributed by atoms with Crippen molar-refractivity contribution in [2.75, 3.05) is 126 Å². The van der Waals surface area contributed by atoms with E-state index in [0.717, 1.165) is 120 Å². The molecular formula is C87H101B2Br2ClFN17O7P. The lowest BCUT2D eigenvalue weighted by molar-refractivity contribution is 0.00578. The van der Waals surface area contributed by atoms with Gasteiger partial charge in [0.05, 0.1) is 68.6 Å². The van der Waals surface area contributed by atoms with E-state index in [2.05, 4.69) is 150 Å². The number of furan rings is 2. The number of ether oxygens (including phenoxy) is 1. The zero-order chi connectivity index (χ0) is 86.6. The van der Waals surface area contributed by atoms with Crippen molar-refractivity contribution in [2.24, 2.45) is 11.7 Å². The van der Waals surface area contributed by atoms with Crippen LogP contribution >= 0.6 is 52.6 Å². The van der Waals surface area contributed by atoms with Crippen LogP contribution in [0.1, 0.15) is 108 Å². The van der Waals surface area contributed by atoms with Crippen LogP contribution in [0, 0.1) is 64.0 Å². The minimum absolute atomic E-state index is 0.0642. The van der Waals surface area contributed by atoms with Crippen LogP contribution in [0.3, 0.4) is 0 Å². The van der Waals surface area contributed by atoms with Gasteiger partial charge in [-0.05, 0) is 229 Å². The molecule has 24 nitrogen and oxygen atoms in total. The highest BCUT2D eigenvalue weighted by Gasteiger charge is 2.52. The van der Waals surface area contributed by atoms with Crippen molar-refractivity contribution in [1.29, 1.82) is 22.4 Å². The lowest BCUT2D eigenvalue weighted by Crippen LogP contribution is -2.41. The van der Waals surface area contributed by atoms with Crippen LogP contribution in [0.5, 0.6) is 5.75 Å². The largest absolute Gasteiger partial charge is 0.494 e. The monoisotopic (exact) mass is 1760 g/mol. The number of benzene rings is 4. The number of hydrogen-bond acceptors (Lipinski definition) is 22. The fraction of sp³-hybridized carbons (Fsp3) is 0.379. The summed E-state index contributed by atoms with van der Waals surface area (Å²) >= 11 is 12.6. The van der Waals surface area contributed by atoms with Crippen molar-refractivity contribution in [3.63, 3.8) is 0 Å². The summed E-state index contributed by atoms with van der Waals surface area (Å²) in [5.41, 5.74) is 17.9. The maximum absolute atomic E-state index is 12.5. The number of rotatable bonds is 13. The first-order valence-corrected chi connectivity index (χ1v) is 41.1. The Morgan fingerprint density at radius 2 is 1.20 bits per heavy atom. The number of nitrogens with two attached hydrogens (primary N) is 1. The van der Waals surface area contributed by atoms with E-state index in [9.17, 15) is 24.5 Å². The Labute approximate surface area is 718 Å². The highest BCUT2D eigenvalue weighted by molar-refractivity contribution is 9.10. The zero-order valence-corrected chi connectivity index (χ0v) is 74.2. The van der Waals surface area contributed by atoms with Gasteiger partial charge in [-0.2, -0.15) is 30.2 Å². The van der Waals surface area contributed by atoms with E-state index < -0.39 is 12.9 Å². The van der Waals surface area contributed by atoms with Crippen LogP contribution in [-0.4, -0.2) is 222 Å². The van der Waals surface area contributed by atoms with Crippen LogP contribution in [-0.2, 0) is 15.7 Å². The molecule has 5 aliphatic heterocycles. The molecule has 5 atom stereocenters. The molecule has 31 heteroatoms. The van der Waals surface area contributed by atoms with Gasteiger partial charge in [0.15, 0.2) is 16.9 Å². The first-order valence-electron chi connectivity index (χ1n) is 39.1. The maximum atomic E-state index is 12.5. The highest BCUT2D eigenvalue weighted by Crippen LogP contribution is 2.40. The van der Waals surface area contributed by atoms with Gasteiger partial charge in [-0.1, -0.05) is 61.7 Å². The van der Waals surface area contributed by atoms with E-state index in [-0.39, 0.29) is 28.6 Å². The lowest BCUT2D eigenvalue weighted by Gasteiger charge is -2.32. The third-order valence-electron chi connectivity index (χ3n) is 21.0. The predicted molar refractivity (Wildman–Crippen MR) is 477 cm³/mol. The number of fused-ring (bicyclic) bond motifs is 2. The number of likely N-dealkylation sites (tertiary alicyclic amines) is 4. The van der Waals surface area contributed by atoms with E-state index in [1.807, 2.05) is 89.2 Å². The van der Waals surface area contributed by atoms with E-state index in [4.69, 9.17) is 52.1 Å². The second-order valence-electron chi connectivity index (χ2n) is 31.1. The fourth-order valence-corrected chi connectivity index (χ4v) is 14.8. The first kappa shape index (κ1) is 90.6. The van der Waals surface area contributed by atoms with E-state index in [1.54, 1.807) is 83.2 Å². The molecule has 0 bridgehead atoms. The normalized spacial score (nSPS) is 17.9. The minimum atomic E-state index is -0.481. The molecule has 11 heterocycles. The standard InChI is InChI=1S/C28H28N6O3.C19H27BN2O2.C16H14ClN3O2.C12H14BrN3.C7H3BrFN.C5H12N2.BH3P/c1-33(2)28(35)19-12-24(36-4)26(31-15-19)25-13-23-27(37-25)21(7-9-30-23)17-5-6-22(18(11-17)14-29)32-20-8-10-34(3)16-20;1-18(2)19(3,4)24-20(23-18)17-7-6-15(16(11-17)12-21)10-14-8-9-22(5)13-14;1-9-6-13(16(21)20(2)3)19-8-10(9)14-7-12-15(22-14)11(17)4-5-18-12;1-16-5-4-11(8-16)15-12-3-2-10(13)6-9(12)7-14;8-6-1-2-7(9)5(3-6)4-10;1-7-3-2-5(6)4-7;1-2/h5-7,9,11-13,15,20,32H,8,10,16H2,1-4H3;6-7,11,14H,8-10,13H2,1-5H3;4-8H,1-3H3;2-3,6,11,15H,4-5,8H2,1H3;1-3H;5H,2-4,6H2,1H3;1H,2H2/i;;;;;;1D. The highest BCUT2D eigenvalue weighted by atomic mass is 79.9. The number of nitrogens with zero attached hydrogens (tertiary/aromatic N) is 14. The molecule has 4 N–H and O–H groups in total. The zero-order valence-electron chi connectivity index (χ0n) is 70.1. The number of nitriles is 4. The molecule has 2 amide bonds. The summed E-state index contributed by atoms with van der Waals surface area (Å²) in [7, 11) is 19.6. The van der Waals surface area contributed by atoms with E-state index in [1.165, 1.54) is 62.2 Å². The third-order valence-corrected chi connectivity index (χ3v) is 22.3. The number of aromatic nitrogens is 4. The van der Waals surface area contributed by atoms with Crippen LogP contribution in [0.2, 0.25) is 5.02 Å². The summed E-state index contributed by atoms with van der Waals surface area (Å²) in [4.78, 5) is 53.8. The number of amides is 2. The van der Waals surface area contributed by atoms with Gasteiger partial charge in [0.25, 0.3) is 11.8 Å². The quantitative estimate of drug-likeness (QED) is 0.0713. The van der Waals surface area contributed by atoms with Crippen molar-refractivity contribution in [3.05, 3.63) is 198 Å². The topological polar surface area (TPSA) is 304 Å². The van der Waals surface area contributed by atoms with Crippen molar-refractivity contribution >= 4 is 118 Å². The van der Waals surface area contributed by atoms with Gasteiger partial charge in [0, 0.05) is 129 Å². The second kappa shape index (κ2) is 42.3. The summed E-state index contributed by atoms with van der Waals surface area (Å²) in [6.45, 7) is 18.8. The Balaban J connectivity index is 0.000000172. The molecule has 10 aromatic rings. The Morgan fingerprint density at radius 1 is 0.661 bits per heavy atom. The molecule has 6 aromatic heterocycles. The number of likely N-dealkylation sites (N-methyl/N-ethyl adjacent to an activating group) is 3. The molecule has 5 fully saturated rings. The van der Waals surface area contributed by atoms with E-state index in [0.29, 0.717) is 101 Å². The average Bonchev–Trinajstić information content (AvgIpc) is 1.63. The Bertz CT molecular complexity index is 5370. The predicted octanol–water partition coefficient (Wildman–Crippen LogP) is 14.4. The number of halogens is 4. The Morgan fingerprint density at radius 3 is 1.73 bits per heavy atom. The van der Waals surface area contributed by atoms with Gasteiger partial charge in [-0.25, -0.2) is 9.37 Å². The minimum Gasteiger partial charge on any atom is -0.494 e. The molecule has 118 heavy (non-hydrogen) atoms. The lowest BCUT2D eigenvalue weighted by atomic mass is 9.77. The number of methoxy groups -OCH3 is 1. The van der Waals surface area contributed by atoms with Gasteiger partial charge < -0.3 is 68.6 Å². The third kappa shape index (κ3) is 24.1. The SMILES string of the molecule is CN1CCC(Cc2ccc(B3OC(C)(C)C(C)(C)O3)cc2C#N)C1.CN1CCC(N)C1.CN1CCC(Nc2ccc(Br)cc2C#N)C1.COc1cc(C(=O)N(C)C)cnc1-c1cc2nccc(-c3ccc(NC4CCN(C)C4)c(C#N)c3)c2o1.Cc1cc(C(=O)N(C)C)ncc1-c1cc2nccc(Cl)c2o1.N#Cc1cc(Br)ccc1F.[2H][B]P. The number of anilines is 2. The molecule has 5 saturated heterocycles. The second-order valence-corrected chi connectivity index (χ2v) is 33.3. The molecule has 5 unspecified atom stereocenters. The smallest absolute Gasteiger partial charge is 0.494 e. The van der Waals surface area contributed by atoms with Crippen molar-refractivity contribution < 1.29 is 36.9 Å². The van der Waals surface area contributed by atoms with Crippen molar-refractivity contribution in [2.45, 2.75) is 96.1 Å². The molecule has 1 radical (unpaired) electrons. The molecule has 15 rings (SSSR count). The van der Waals surface area contributed by atoms with Crippen molar-refractivity contribution in [1.82, 2.24) is 49.3 Å². The average molecular weight is 1760 g/mol. The summed E-state index contributed by atoms with van der Waals surface area (Å²) in [6.07, 6.45) is 12.0. The van der Waals surface area contributed by atoms with Crippen LogP contribution < -0.4 is 26.6 Å². The first-order chi connectivity index (χ1) is 56.7. The van der Waals surface area contributed by atoms with Gasteiger partial charge >= 0.3 is 7.12 Å².